The van der Waals surface area contributed by atoms with E-state index in [-0.39, 0.29) is 11.4 Å². The van der Waals surface area contributed by atoms with Gasteiger partial charge in [0.15, 0.2) is 0 Å². The number of anilines is 1. The lowest BCUT2D eigenvalue weighted by Crippen LogP contribution is -2.26. The maximum absolute atomic E-state index is 13.2. The Morgan fingerprint density at radius 3 is 2.81 bits per heavy atom. The summed E-state index contributed by atoms with van der Waals surface area (Å²) in [6, 6.07) is 6.62. The lowest BCUT2D eigenvalue weighted by atomic mass is 10.2. The highest BCUT2D eigenvalue weighted by Gasteiger charge is 2.18. The number of aromatic nitrogens is 2. The quantitative estimate of drug-likeness (QED) is 0.916. The first-order valence-corrected chi connectivity index (χ1v) is 6.57. The van der Waals surface area contributed by atoms with Crippen LogP contribution in [0.3, 0.4) is 0 Å². The van der Waals surface area contributed by atoms with E-state index in [1.165, 1.54) is 0 Å². The first-order valence-electron chi connectivity index (χ1n) is 6.57. The molecule has 21 heavy (non-hydrogen) atoms. The molecule has 0 aliphatic heterocycles. The van der Waals surface area contributed by atoms with Crippen molar-refractivity contribution in [1.82, 2.24) is 9.97 Å². The maximum atomic E-state index is 13.2. The molecule has 0 aromatic carbocycles. The molecule has 0 saturated heterocycles. The molecule has 0 spiro atoms. The first kappa shape index (κ1) is 14.9. The number of hydrogen-bond donors (Lipinski definition) is 1. The van der Waals surface area contributed by atoms with Crippen LogP contribution in [0.2, 0.25) is 0 Å². The Morgan fingerprint density at radius 1 is 1.43 bits per heavy atom. The van der Waals surface area contributed by atoms with E-state index in [2.05, 4.69) is 9.97 Å². The fraction of sp³-hybridized carbons (Fsp3) is 0.267. The maximum Gasteiger partial charge on any atom is 0.339 e. The Bertz CT molecular complexity index is 661. The molecule has 110 valence electrons. The second kappa shape index (κ2) is 6.30. The average Bonchev–Trinajstić information content (AvgIpc) is 2.45. The van der Waals surface area contributed by atoms with E-state index >= 15 is 0 Å². The highest BCUT2D eigenvalue weighted by atomic mass is 19.1. The van der Waals surface area contributed by atoms with Crippen LogP contribution in [-0.2, 0) is 6.54 Å². The van der Waals surface area contributed by atoms with Crippen LogP contribution < -0.4 is 4.90 Å². The summed E-state index contributed by atoms with van der Waals surface area (Å²) in [6.07, 6.45) is 1.02. The van der Waals surface area contributed by atoms with Gasteiger partial charge in [0.25, 0.3) is 0 Å². The van der Waals surface area contributed by atoms with Gasteiger partial charge in [0.05, 0.1) is 18.4 Å². The number of pyridine rings is 2. The molecule has 0 aliphatic rings. The third-order valence-corrected chi connectivity index (χ3v) is 3.04. The monoisotopic (exact) mass is 289 g/mol. The van der Waals surface area contributed by atoms with Gasteiger partial charge in [-0.15, -0.1) is 0 Å². The largest absolute Gasteiger partial charge is 0.478 e. The van der Waals surface area contributed by atoms with Crippen LogP contribution in [0.4, 0.5) is 10.2 Å². The zero-order valence-electron chi connectivity index (χ0n) is 11.9. The van der Waals surface area contributed by atoms with Crippen LogP contribution in [0.1, 0.15) is 28.7 Å². The molecule has 2 aromatic rings. The zero-order valence-corrected chi connectivity index (χ0v) is 11.9. The molecule has 0 amide bonds. The second-order valence-electron chi connectivity index (χ2n) is 4.61. The fourth-order valence-electron chi connectivity index (χ4n) is 2.06. The minimum absolute atomic E-state index is 0.149. The standard InChI is InChI=1S/C15H16FN3O2/c1-3-19(9-12-6-4-5-10(2)18-12)14-13(15(20)21)7-11(16)8-17-14/h4-8H,3,9H2,1-2H3,(H,20,21). The van der Waals surface area contributed by atoms with Crippen molar-refractivity contribution in [3.8, 4) is 0 Å². The Hall–Kier alpha value is -2.50. The van der Waals surface area contributed by atoms with Crippen molar-refractivity contribution in [2.45, 2.75) is 20.4 Å². The molecule has 0 radical (unpaired) electrons. The number of nitrogens with zero attached hydrogens (tertiary/aromatic N) is 3. The van der Waals surface area contributed by atoms with Crippen LogP contribution in [0.25, 0.3) is 0 Å². The molecule has 5 nitrogen and oxygen atoms in total. The van der Waals surface area contributed by atoms with Gasteiger partial charge in [-0.3, -0.25) is 4.98 Å². The summed E-state index contributed by atoms with van der Waals surface area (Å²) < 4.78 is 13.2. The summed E-state index contributed by atoms with van der Waals surface area (Å²) in [5, 5.41) is 9.20. The number of halogens is 1. The third kappa shape index (κ3) is 3.53. The van der Waals surface area contributed by atoms with Gasteiger partial charge in [0, 0.05) is 12.2 Å². The van der Waals surface area contributed by atoms with Gasteiger partial charge in [-0.05, 0) is 32.0 Å². The van der Waals surface area contributed by atoms with E-state index < -0.39 is 11.8 Å². The first-order chi connectivity index (χ1) is 10.0. The van der Waals surface area contributed by atoms with Gasteiger partial charge in [-0.1, -0.05) is 6.07 Å². The summed E-state index contributed by atoms with van der Waals surface area (Å²) in [5.74, 6) is -1.62. The summed E-state index contributed by atoms with van der Waals surface area (Å²) in [5.41, 5.74) is 1.54. The summed E-state index contributed by atoms with van der Waals surface area (Å²) in [6.45, 7) is 4.72. The molecule has 2 rings (SSSR count). The molecular weight excluding hydrogens is 273 g/mol. The van der Waals surface area contributed by atoms with E-state index in [0.717, 1.165) is 23.7 Å². The van der Waals surface area contributed by atoms with Gasteiger partial charge >= 0.3 is 5.97 Å². The van der Waals surface area contributed by atoms with Crippen molar-refractivity contribution in [1.29, 1.82) is 0 Å². The van der Waals surface area contributed by atoms with E-state index in [1.54, 1.807) is 4.90 Å². The Kier molecular flexibility index (Phi) is 4.47. The predicted octanol–water partition coefficient (Wildman–Crippen LogP) is 2.65. The molecule has 2 heterocycles. The Labute approximate surface area is 122 Å². The molecule has 0 saturated carbocycles. The molecule has 2 aromatic heterocycles. The van der Waals surface area contributed by atoms with Gasteiger partial charge in [-0.25, -0.2) is 14.2 Å². The molecule has 0 aliphatic carbocycles. The van der Waals surface area contributed by atoms with Gasteiger partial charge in [0.2, 0.25) is 0 Å². The van der Waals surface area contributed by atoms with Gasteiger partial charge in [0.1, 0.15) is 17.2 Å². The highest BCUT2D eigenvalue weighted by Crippen LogP contribution is 2.20. The van der Waals surface area contributed by atoms with E-state index in [9.17, 15) is 14.3 Å². The molecule has 0 fully saturated rings. The van der Waals surface area contributed by atoms with Crippen LogP contribution in [-0.4, -0.2) is 27.6 Å². The molecule has 0 atom stereocenters. The predicted molar refractivity (Wildman–Crippen MR) is 76.9 cm³/mol. The van der Waals surface area contributed by atoms with Crippen molar-refractivity contribution >= 4 is 11.8 Å². The number of carbonyl (C=O) groups is 1. The molecular formula is C15H16FN3O2. The molecule has 0 unspecified atom stereocenters. The van der Waals surface area contributed by atoms with Crippen molar-refractivity contribution in [2.75, 3.05) is 11.4 Å². The Balaban J connectivity index is 2.35. The van der Waals surface area contributed by atoms with Crippen molar-refractivity contribution in [2.24, 2.45) is 0 Å². The third-order valence-electron chi connectivity index (χ3n) is 3.04. The Morgan fingerprint density at radius 2 is 2.19 bits per heavy atom. The number of aryl methyl sites for hydroxylation is 1. The van der Waals surface area contributed by atoms with Crippen LogP contribution in [0.15, 0.2) is 30.5 Å². The minimum atomic E-state index is -1.20. The number of rotatable bonds is 5. The van der Waals surface area contributed by atoms with Crippen molar-refractivity contribution in [3.63, 3.8) is 0 Å². The zero-order chi connectivity index (χ0) is 15.4. The highest BCUT2D eigenvalue weighted by molar-refractivity contribution is 5.93. The molecule has 0 bridgehead atoms. The summed E-state index contributed by atoms with van der Waals surface area (Å²) >= 11 is 0. The van der Waals surface area contributed by atoms with Crippen LogP contribution in [0.5, 0.6) is 0 Å². The minimum Gasteiger partial charge on any atom is -0.478 e. The normalized spacial score (nSPS) is 10.4. The van der Waals surface area contributed by atoms with Crippen LogP contribution >= 0.6 is 0 Å². The van der Waals surface area contributed by atoms with E-state index in [1.807, 2.05) is 32.0 Å². The summed E-state index contributed by atoms with van der Waals surface area (Å²) in [4.78, 5) is 21.3. The van der Waals surface area contributed by atoms with Crippen LogP contribution in [0, 0.1) is 12.7 Å². The lowest BCUT2D eigenvalue weighted by Gasteiger charge is -2.23. The number of hydrogen-bond acceptors (Lipinski definition) is 4. The number of carboxylic acid groups (broad SMARTS) is 1. The van der Waals surface area contributed by atoms with E-state index in [4.69, 9.17) is 0 Å². The molecule has 1 N–H and O–H groups in total. The van der Waals surface area contributed by atoms with Gasteiger partial charge in [-0.2, -0.15) is 0 Å². The summed E-state index contributed by atoms with van der Waals surface area (Å²) in [7, 11) is 0. The lowest BCUT2D eigenvalue weighted by molar-refractivity contribution is 0.0696. The van der Waals surface area contributed by atoms with Crippen molar-refractivity contribution in [3.05, 3.63) is 53.2 Å². The fourth-order valence-corrected chi connectivity index (χ4v) is 2.06. The second-order valence-corrected chi connectivity index (χ2v) is 4.61. The SMILES string of the molecule is CCN(Cc1cccc(C)n1)c1ncc(F)cc1C(=O)O. The number of carboxylic acids is 1. The average molecular weight is 289 g/mol. The van der Waals surface area contributed by atoms with Crippen molar-refractivity contribution < 1.29 is 14.3 Å². The van der Waals surface area contributed by atoms with Gasteiger partial charge < -0.3 is 10.0 Å². The number of aromatic carboxylic acids is 1. The smallest absolute Gasteiger partial charge is 0.339 e. The molecule has 6 heteroatoms. The topological polar surface area (TPSA) is 66.3 Å². The van der Waals surface area contributed by atoms with E-state index in [0.29, 0.717) is 13.1 Å².